The quantitative estimate of drug-likeness (QED) is 0.750. The molecule has 0 saturated carbocycles. The molecule has 0 unspecified atom stereocenters. The molecule has 1 atom stereocenters. The van der Waals surface area contributed by atoms with E-state index in [-0.39, 0.29) is 18.7 Å². The van der Waals surface area contributed by atoms with Gasteiger partial charge >= 0.3 is 6.03 Å². The lowest BCUT2D eigenvalue weighted by molar-refractivity contribution is 0.192. The maximum atomic E-state index is 12.8. The van der Waals surface area contributed by atoms with Crippen LogP contribution in [0.2, 0.25) is 0 Å². The van der Waals surface area contributed by atoms with Crippen LogP contribution in [0.1, 0.15) is 41.9 Å². The molecule has 0 fully saturated rings. The fraction of sp³-hybridized carbons (Fsp3) is 0.429. The van der Waals surface area contributed by atoms with Crippen LogP contribution < -0.4 is 5.32 Å². The molecule has 0 bridgehead atoms. The molecule has 0 aliphatic carbocycles. The molecule has 2 aromatic rings. The molecule has 0 saturated heterocycles. The molecular weight excluding hydrogens is 340 g/mol. The van der Waals surface area contributed by atoms with Gasteiger partial charge in [0.1, 0.15) is 0 Å². The van der Waals surface area contributed by atoms with E-state index in [9.17, 15) is 4.79 Å². The number of benzene rings is 1. The van der Waals surface area contributed by atoms with Gasteiger partial charge in [0.05, 0.1) is 11.7 Å². The summed E-state index contributed by atoms with van der Waals surface area (Å²) in [4.78, 5) is 14.5. The minimum atomic E-state index is -0.142. The highest BCUT2D eigenvalue weighted by Gasteiger charge is 2.20. The fourth-order valence-electron chi connectivity index (χ4n) is 3.18. The Morgan fingerprint density at radius 1 is 1.33 bits per heavy atom. The molecule has 1 aromatic carbocycles. The second kappa shape index (κ2) is 9.92. The van der Waals surface area contributed by atoms with Crippen molar-refractivity contribution in [3.8, 4) is 0 Å². The molecule has 1 aromatic heterocycles. The van der Waals surface area contributed by atoms with Crippen molar-refractivity contribution in [3.63, 3.8) is 0 Å². The number of nitrogens with zero attached hydrogens (tertiary/aromatic N) is 3. The molecule has 6 heteroatoms. The molecule has 2 N–H and O–H groups in total. The molecule has 2 amide bonds. The largest absolute Gasteiger partial charge is 0.396 e. The maximum absolute atomic E-state index is 12.8. The number of aliphatic hydroxyl groups excluding tert-OH is 1. The first-order chi connectivity index (χ1) is 12.9. The molecule has 0 aliphatic heterocycles. The van der Waals surface area contributed by atoms with Crippen molar-refractivity contribution in [1.82, 2.24) is 20.0 Å². The molecule has 6 nitrogen and oxygen atoms in total. The number of carbonyl (C=O) groups excluding carboxylic acids is 1. The predicted molar refractivity (Wildman–Crippen MR) is 108 cm³/mol. The van der Waals surface area contributed by atoms with Crippen LogP contribution in [0.3, 0.4) is 0 Å². The van der Waals surface area contributed by atoms with Crippen molar-refractivity contribution >= 4 is 12.1 Å². The monoisotopic (exact) mass is 370 g/mol. The summed E-state index contributed by atoms with van der Waals surface area (Å²) in [6, 6.07) is 9.70. The van der Waals surface area contributed by atoms with Crippen LogP contribution in [0, 0.1) is 13.8 Å². The summed E-state index contributed by atoms with van der Waals surface area (Å²) in [6.45, 7) is 6.97. The lowest BCUT2D eigenvalue weighted by Gasteiger charge is -2.24. The van der Waals surface area contributed by atoms with E-state index >= 15 is 0 Å². The van der Waals surface area contributed by atoms with Gasteiger partial charge in [-0.2, -0.15) is 5.10 Å². The van der Waals surface area contributed by atoms with E-state index in [1.807, 2.05) is 75.0 Å². The molecule has 0 spiro atoms. The molecule has 146 valence electrons. The lowest BCUT2D eigenvalue weighted by Crippen LogP contribution is -2.42. The number of amides is 2. The summed E-state index contributed by atoms with van der Waals surface area (Å²) in [7, 11) is 1.91. The highest BCUT2D eigenvalue weighted by Crippen LogP contribution is 2.20. The van der Waals surface area contributed by atoms with Gasteiger partial charge < -0.3 is 15.3 Å². The standard InChI is InChI=1S/C21H30N4O2/c1-16(20-17(2)23-24(4)18(20)3)22-21(27)25(14-9-15-26)13-8-12-19-10-6-5-7-11-19/h5-8,10-12,16,26H,9,13-15H2,1-4H3,(H,22,27)/b12-8+/t16-/m0/s1. The van der Waals surface area contributed by atoms with Crippen LogP contribution in [-0.2, 0) is 7.05 Å². The number of hydrogen-bond acceptors (Lipinski definition) is 3. The van der Waals surface area contributed by atoms with Gasteiger partial charge in [0.25, 0.3) is 0 Å². The Kier molecular flexibility index (Phi) is 7.61. The molecular formula is C21H30N4O2. The highest BCUT2D eigenvalue weighted by molar-refractivity contribution is 5.75. The number of aromatic nitrogens is 2. The Balaban J connectivity index is 2.03. The van der Waals surface area contributed by atoms with Gasteiger partial charge in [0, 0.05) is 38.0 Å². The number of carbonyl (C=O) groups is 1. The Morgan fingerprint density at radius 3 is 2.63 bits per heavy atom. The third-order valence-corrected chi connectivity index (χ3v) is 4.65. The number of urea groups is 1. The van der Waals surface area contributed by atoms with Gasteiger partial charge in [-0.25, -0.2) is 4.79 Å². The highest BCUT2D eigenvalue weighted by atomic mass is 16.3. The van der Waals surface area contributed by atoms with E-state index in [1.54, 1.807) is 4.90 Å². The van der Waals surface area contributed by atoms with Crippen LogP contribution in [-0.4, -0.2) is 45.5 Å². The van der Waals surface area contributed by atoms with Gasteiger partial charge in [-0.05, 0) is 32.8 Å². The van der Waals surface area contributed by atoms with E-state index in [2.05, 4.69) is 10.4 Å². The van der Waals surface area contributed by atoms with Crippen LogP contribution in [0.4, 0.5) is 4.79 Å². The van der Waals surface area contributed by atoms with Crippen LogP contribution in [0.5, 0.6) is 0 Å². The summed E-state index contributed by atoms with van der Waals surface area (Å²) in [5, 5.41) is 16.6. The zero-order chi connectivity index (χ0) is 19.8. The number of aliphatic hydroxyl groups is 1. The third-order valence-electron chi connectivity index (χ3n) is 4.65. The van der Waals surface area contributed by atoms with Gasteiger partial charge in [0.2, 0.25) is 0 Å². The van der Waals surface area contributed by atoms with Gasteiger partial charge in [-0.1, -0.05) is 42.5 Å². The summed E-state index contributed by atoms with van der Waals surface area (Å²) in [5.41, 5.74) is 4.11. The predicted octanol–water partition coefficient (Wildman–Crippen LogP) is 3.21. The molecule has 2 rings (SSSR count). The van der Waals surface area contributed by atoms with Crippen LogP contribution >= 0.6 is 0 Å². The number of aryl methyl sites for hydroxylation is 2. The van der Waals surface area contributed by atoms with Gasteiger partial charge in [0.15, 0.2) is 0 Å². The Hall–Kier alpha value is -2.60. The van der Waals surface area contributed by atoms with Gasteiger partial charge in [-0.3, -0.25) is 4.68 Å². The van der Waals surface area contributed by atoms with E-state index in [1.165, 1.54) is 0 Å². The average Bonchev–Trinajstić information content (AvgIpc) is 2.90. The molecule has 27 heavy (non-hydrogen) atoms. The maximum Gasteiger partial charge on any atom is 0.318 e. The second-order valence-corrected chi connectivity index (χ2v) is 6.72. The fourth-order valence-corrected chi connectivity index (χ4v) is 3.18. The second-order valence-electron chi connectivity index (χ2n) is 6.72. The number of rotatable bonds is 8. The van der Waals surface area contributed by atoms with Crippen molar-refractivity contribution in [2.45, 2.75) is 33.2 Å². The summed E-state index contributed by atoms with van der Waals surface area (Å²) in [5.74, 6) is 0. The first-order valence-corrected chi connectivity index (χ1v) is 9.32. The zero-order valence-electron chi connectivity index (χ0n) is 16.6. The van der Waals surface area contributed by atoms with Crippen molar-refractivity contribution in [3.05, 3.63) is 58.9 Å². The minimum Gasteiger partial charge on any atom is -0.396 e. The Labute approximate surface area is 161 Å². The normalized spacial score (nSPS) is 12.3. The molecule has 0 aliphatic rings. The van der Waals surface area contributed by atoms with Crippen molar-refractivity contribution < 1.29 is 9.90 Å². The summed E-state index contributed by atoms with van der Waals surface area (Å²) >= 11 is 0. The van der Waals surface area contributed by atoms with Crippen molar-refractivity contribution in [2.75, 3.05) is 19.7 Å². The zero-order valence-corrected chi connectivity index (χ0v) is 16.6. The Bertz CT molecular complexity index is 768. The van der Waals surface area contributed by atoms with Crippen LogP contribution in [0.15, 0.2) is 36.4 Å². The first-order valence-electron chi connectivity index (χ1n) is 9.32. The van der Waals surface area contributed by atoms with E-state index < -0.39 is 0 Å². The summed E-state index contributed by atoms with van der Waals surface area (Å²) < 4.78 is 1.83. The van der Waals surface area contributed by atoms with Crippen LogP contribution in [0.25, 0.3) is 6.08 Å². The average molecular weight is 370 g/mol. The SMILES string of the molecule is Cc1nn(C)c(C)c1[C@H](C)NC(=O)N(C/C=C/c1ccccc1)CCCO. The van der Waals surface area contributed by atoms with E-state index in [0.29, 0.717) is 19.5 Å². The molecule has 0 radical (unpaired) electrons. The van der Waals surface area contributed by atoms with E-state index in [4.69, 9.17) is 5.11 Å². The smallest absolute Gasteiger partial charge is 0.318 e. The third kappa shape index (κ3) is 5.69. The Morgan fingerprint density at radius 2 is 2.04 bits per heavy atom. The van der Waals surface area contributed by atoms with Gasteiger partial charge in [-0.15, -0.1) is 0 Å². The van der Waals surface area contributed by atoms with Crippen molar-refractivity contribution in [1.29, 1.82) is 0 Å². The first kappa shape index (κ1) is 20.7. The lowest BCUT2D eigenvalue weighted by atomic mass is 10.1. The number of hydrogen-bond donors (Lipinski definition) is 2. The molecule has 1 heterocycles. The van der Waals surface area contributed by atoms with E-state index in [0.717, 1.165) is 22.5 Å². The minimum absolute atomic E-state index is 0.0581. The summed E-state index contributed by atoms with van der Waals surface area (Å²) in [6.07, 6.45) is 4.52. The topological polar surface area (TPSA) is 70.4 Å². The number of nitrogens with one attached hydrogen (secondary N) is 1. The van der Waals surface area contributed by atoms with Crippen molar-refractivity contribution in [2.24, 2.45) is 7.05 Å².